The lowest BCUT2D eigenvalue weighted by Crippen LogP contribution is -2.49. The van der Waals surface area contributed by atoms with Gasteiger partial charge >= 0.3 is 0 Å². The van der Waals surface area contributed by atoms with Crippen molar-refractivity contribution in [2.75, 3.05) is 6.54 Å². The van der Waals surface area contributed by atoms with E-state index in [1.807, 2.05) is 4.90 Å². The van der Waals surface area contributed by atoms with Gasteiger partial charge in [0.25, 0.3) is 5.91 Å². The van der Waals surface area contributed by atoms with Gasteiger partial charge in [-0.2, -0.15) is 0 Å². The van der Waals surface area contributed by atoms with E-state index in [2.05, 4.69) is 4.98 Å². The van der Waals surface area contributed by atoms with Crippen LogP contribution in [-0.4, -0.2) is 28.4 Å². The first-order chi connectivity index (χ1) is 9.66. The zero-order chi connectivity index (χ0) is 14.1. The molecule has 1 aromatic heterocycles. The summed E-state index contributed by atoms with van der Waals surface area (Å²) in [7, 11) is 0. The average Bonchev–Trinajstić information content (AvgIpc) is 2.48. The van der Waals surface area contributed by atoms with Crippen LogP contribution in [0.5, 0.6) is 0 Å². The number of piperidine rings is 1. The van der Waals surface area contributed by atoms with Crippen LogP contribution in [0.25, 0.3) is 0 Å². The molecule has 0 spiro atoms. The van der Waals surface area contributed by atoms with E-state index in [4.69, 9.17) is 23.2 Å². The molecule has 2 heterocycles. The molecule has 0 bridgehead atoms. The first kappa shape index (κ1) is 14.2. The minimum absolute atomic E-state index is 0.0610. The predicted octanol–water partition coefficient (Wildman–Crippen LogP) is 4.18. The SMILES string of the molecule is O=C(c1nc(Cl)ccc1Cl)N1CCC[C@H]2CCCC[C@H]21. The third kappa shape index (κ3) is 2.66. The number of carbonyl (C=O) groups is 1. The number of amides is 1. The number of hydrogen-bond acceptors (Lipinski definition) is 2. The summed E-state index contributed by atoms with van der Waals surface area (Å²) >= 11 is 12.0. The summed E-state index contributed by atoms with van der Waals surface area (Å²) < 4.78 is 0. The summed E-state index contributed by atoms with van der Waals surface area (Å²) in [5.74, 6) is 0.591. The van der Waals surface area contributed by atoms with Crippen LogP contribution in [0.3, 0.4) is 0 Å². The normalized spacial score (nSPS) is 26.2. The van der Waals surface area contributed by atoms with Crippen molar-refractivity contribution in [2.45, 2.75) is 44.6 Å². The minimum Gasteiger partial charge on any atom is -0.334 e. The van der Waals surface area contributed by atoms with Crippen molar-refractivity contribution >= 4 is 29.1 Å². The molecule has 3 rings (SSSR count). The third-order valence-electron chi connectivity index (χ3n) is 4.52. The second-order valence-electron chi connectivity index (χ2n) is 5.72. The number of nitrogens with zero attached hydrogens (tertiary/aromatic N) is 2. The highest BCUT2D eigenvalue weighted by molar-refractivity contribution is 6.34. The fraction of sp³-hybridized carbons (Fsp3) is 0.600. The largest absolute Gasteiger partial charge is 0.334 e. The average molecular weight is 313 g/mol. The quantitative estimate of drug-likeness (QED) is 0.729. The maximum Gasteiger partial charge on any atom is 0.274 e. The van der Waals surface area contributed by atoms with Gasteiger partial charge in [0.05, 0.1) is 5.02 Å². The summed E-state index contributed by atoms with van der Waals surface area (Å²) in [5, 5.41) is 0.701. The molecule has 2 fully saturated rings. The molecule has 0 unspecified atom stereocenters. The summed E-state index contributed by atoms with van der Waals surface area (Å²) in [4.78, 5) is 18.9. The van der Waals surface area contributed by atoms with Crippen LogP contribution in [0.2, 0.25) is 10.2 Å². The summed E-state index contributed by atoms with van der Waals surface area (Å²) in [6, 6.07) is 3.62. The Balaban J connectivity index is 1.87. The highest BCUT2D eigenvalue weighted by atomic mass is 35.5. The smallest absolute Gasteiger partial charge is 0.274 e. The molecular weight excluding hydrogens is 295 g/mol. The second kappa shape index (κ2) is 5.90. The van der Waals surface area contributed by atoms with E-state index >= 15 is 0 Å². The van der Waals surface area contributed by atoms with E-state index < -0.39 is 0 Å². The molecule has 5 heteroatoms. The number of aromatic nitrogens is 1. The molecule has 108 valence electrons. The molecule has 0 N–H and O–H groups in total. The molecule has 20 heavy (non-hydrogen) atoms. The van der Waals surface area contributed by atoms with Crippen molar-refractivity contribution in [3.05, 3.63) is 28.0 Å². The van der Waals surface area contributed by atoms with Crippen LogP contribution in [0.15, 0.2) is 12.1 Å². The van der Waals surface area contributed by atoms with Crippen molar-refractivity contribution in [3.63, 3.8) is 0 Å². The van der Waals surface area contributed by atoms with Gasteiger partial charge in [-0.25, -0.2) is 4.98 Å². The zero-order valence-corrected chi connectivity index (χ0v) is 12.8. The van der Waals surface area contributed by atoms with Gasteiger partial charge in [0, 0.05) is 12.6 Å². The van der Waals surface area contributed by atoms with Crippen molar-refractivity contribution in [2.24, 2.45) is 5.92 Å². The summed E-state index contributed by atoms with van der Waals surface area (Å²) in [6.07, 6.45) is 7.16. The van der Waals surface area contributed by atoms with Crippen LogP contribution in [-0.2, 0) is 0 Å². The molecule has 1 aliphatic carbocycles. The highest BCUT2D eigenvalue weighted by Gasteiger charge is 2.36. The number of fused-ring (bicyclic) bond motifs is 1. The van der Waals surface area contributed by atoms with Gasteiger partial charge in [-0.15, -0.1) is 0 Å². The second-order valence-corrected chi connectivity index (χ2v) is 6.51. The van der Waals surface area contributed by atoms with Gasteiger partial charge in [0.1, 0.15) is 10.8 Å². The number of halogens is 2. The Morgan fingerprint density at radius 1 is 1.15 bits per heavy atom. The van der Waals surface area contributed by atoms with E-state index in [1.54, 1.807) is 12.1 Å². The Kier molecular flexibility index (Phi) is 4.18. The van der Waals surface area contributed by atoms with Gasteiger partial charge in [0.2, 0.25) is 0 Å². The molecule has 2 atom stereocenters. The lowest BCUT2D eigenvalue weighted by Gasteiger charge is -2.44. The minimum atomic E-state index is -0.0610. The molecule has 3 nitrogen and oxygen atoms in total. The first-order valence-electron chi connectivity index (χ1n) is 7.30. The number of hydrogen-bond donors (Lipinski definition) is 0. The van der Waals surface area contributed by atoms with E-state index in [0.717, 1.165) is 19.4 Å². The summed E-state index contributed by atoms with van der Waals surface area (Å²) in [6.45, 7) is 0.810. The lowest BCUT2D eigenvalue weighted by atomic mass is 9.78. The van der Waals surface area contributed by atoms with E-state index in [9.17, 15) is 4.79 Å². The van der Waals surface area contributed by atoms with Crippen molar-refractivity contribution < 1.29 is 4.79 Å². The first-order valence-corrected chi connectivity index (χ1v) is 8.05. The molecule has 2 aliphatic rings. The van der Waals surface area contributed by atoms with Crippen LogP contribution >= 0.6 is 23.2 Å². The van der Waals surface area contributed by atoms with Gasteiger partial charge in [0.15, 0.2) is 0 Å². The fourth-order valence-electron chi connectivity index (χ4n) is 3.58. The van der Waals surface area contributed by atoms with Gasteiger partial charge in [-0.05, 0) is 43.7 Å². The lowest BCUT2D eigenvalue weighted by molar-refractivity contribution is 0.0385. The number of likely N-dealkylation sites (tertiary alicyclic amines) is 1. The predicted molar refractivity (Wildman–Crippen MR) is 80.3 cm³/mol. The topological polar surface area (TPSA) is 33.2 Å². The maximum absolute atomic E-state index is 12.7. The van der Waals surface area contributed by atoms with Crippen LogP contribution < -0.4 is 0 Å². The highest BCUT2D eigenvalue weighted by Crippen LogP contribution is 2.36. The van der Waals surface area contributed by atoms with Crippen LogP contribution in [0.4, 0.5) is 0 Å². The molecule has 0 aromatic carbocycles. The summed E-state index contributed by atoms with van der Waals surface area (Å²) in [5.41, 5.74) is 0.297. The Hall–Kier alpha value is -0.800. The van der Waals surface area contributed by atoms with Crippen molar-refractivity contribution in [1.82, 2.24) is 9.88 Å². The molecule has 1 aliphatic heterocycles. The Morgan fingerprint density at radius 2 is 1.90 bits per heavy atom. The van der Waals surface area contributed by atoms with Gasteiger partial charge in [-0.1, -0.05) is 36.0 Å². The van der Waals surface area contributed by atoms with Crippen LogP contribution in [0.1, 0.15) is 49.0 Å². The molecule has 1 aromatic rings. The maximum atomic E-state index is 12.7. The Morgan fingerprint density at radius 3 is 2.75 bits per heavy atom. The van der Waals surface area contributed by atoms with E-state index in [-0.39, 0.29) is 5.91 Å². The number of rotatable bonds is 1. The molecule has 1 saturated carbocycles. The van der Waals surface area contributed by atoms with E-state index in [1.165, 1.54) is 25.7 Å². The van der Waals surface area contributed by atoms with Crippen molar-refractivity contribution in [1.29, 1.82) is 0 Å². The fourth-order valence-corrected chi connectivity index (χ4v) is 3.91. The van der Waals surface area contributed by atoms with Gasteiger partial charge in [-0.3, -0.25) is 4.79 Å². The Labute approximate surface area is 129 Å². The number of pyridine rings is 1. The Bertz CT molecular complexity index is 519. The third-order valence-corrected chi connectivity index (χ3v) is 5.03. The molecular formula is C15H18Cl2N2O. The van der Waals surface area contributed by atoms with E-state index in [0.29, 0.717) is 27.8 Å². The molecule has 1 amide bonds. The van der Waals surface area contributed by atoms with Crippen molar-refractivity contribution in [3.8, 4) is 0 Å². The van der Waals surface area contributed by atoms with Gasteiger partial charge < -0.3 is 4.90 Å². The zero-order valence-electron chi connectivity index (χ0n) is 11.3. The monoisotopic (exact) mass is 312 g/mol. The standard InChI is InChI=1S/C15H18Cl2N2O/c16-11-7-8-13(17)18-14(11)15(20)19-9-3-5-10-4-1-2-6-12(10)19/h7-8,10,12H,1-6,9H2/t10-,12-/m1/s1. The number of carbonyl (C=O) groups excluding carboxylic acids is 1. The van der Waals surface area contributed by atoms with Crippen LogP contribution in [0, 0.1) is 5.92 Å². The molecule has 1 saturated heterocycles. The molecule has 0 radical (unpaired) electrons.